The molecule has 0 bridgehead atoms. The molecule has 11 nitrogen and oxygen atoms in total. The molecule has 448 valence electrons. The lowest BCUT2D eigenvalue weighted by molar-refractivity contribution is -0.462. The third kappa shape index (κ3) is 14.7. The lowest BCUT2D eigenvalue weighted by Gasteiger charge is -2.38. The van der Waals surface area contributed by atoms with Gasteiger partial charge in [0.15, 0.2) is 11.5 Å². The maximum absolute atomic E-state index is 12.8. The molecule has 7 aromatic rings. The van der Waals surface area contributed by atoms with Crippen LogP contribution in [0.1, 0.15) is 89.6 Å². The average molecular weight is 1180 g/mol. The summed E-state index contributed by atoms with van der Waals surface area (Å²) in [6.07, 6.45) is 11.1. The fourth-order valence-electron chi connectivity index (χ4n) is 12.7. The highest BCUT2D eigenvalue weighted by Crippen LogP contribution is 2.43. The molecule has 0 saturated heterocycles. The molecule has 14 heteroatoms. The zero-order chi connectivity index (χ0) is 62.3. The second-order valence-electron chi connectivity index (χ2n) is 24.9. The largest absolute Gasteiger partial charge is 0.488 e. The molecule has 9 rings (SSSR count). The van der Waals surface area contributed by atoms with Crippen molar-refractivity contribution in [2.24, 2.45) is 0 Å². The number of nitrogens with zero attached hydrogens (tertiary/aromatic N) is 4. The molecule has 0 fully saturated rings. The SMILES string of the molecule is C=C(C)C(=O)CCCCN(Cc1ccccc1B(O)O)Cc1c2ccccc2c(CN(CCCNC(=O)C(=C)C)Cc2ccccc2B(O)O)c2ccc(CCc3ccc(C)c(C4=C5C=CC(=[N+](C)C)C=C5[Si](C)(C)c5cc(N(C)C)ccc54)c3)cc12. The van der Waals surface area contributed by atoms with Gasteiger partial charge in [-0.1, -0.05) is 142 Å². The first-order valence-electron chi connectivity index (χ1n) is 30.6. The van der Waals surface area contributed by atoms with E-state index in [0.29, 0.717) is 87.1 Å². The summed E-state index contributed by atoms with van der Waals surface area (Å²) in [5.74, 6) is -0.125. The third-order valence-corrected chi connectivity index (χ3v) is 21.2. The topological polar surface area (TPSA) is 140 Å². The normalized spacial score (nSPS) is 13.5. The van der Waals surface area contributed by atoms with Crippen molar-refractivity contribution < 1.29 is 34.3 Å². The summed E-state index contributed by atoms with van der Waals surface area (Å²) >= 11 is 0. The van der Waals surface area contributed by atoms with Gasteiger partial charge in [0.1, 0.15) is 22.2 Å². The van der Waals surface area contributed by atoms with Crippen LogP contribution in [0.3, 0.4) is 0 Å². The van der Waals surface area contributed by atoms with Crippen LogP contribution in [0.2, 0.25) is 13.1 Å². The maximum Gasteiger partial charge on any atom is 0.488 e. The van der Waals surface area contributed by atoms with Crippen molar-refractivity contribution >= 4 is 88.6 Å². The molecule has 7 aromatic carbocycles. The number of amides is 1. The Bertz CT molecular complexity index is 3910. The van der Waals surface area contributed by atoms with Crippen molar-refractivity contribution in [2.45, 2.75) is 98.6 Å². The highest BCUT2D eigenvalue weighted by molar-refractivity contribution is 6.98. The lowest BCUT2D eigenvalue weighted by atomic mass is 9.77. The van der Waals surface area contributed by atoms with Crippen LogP contribution in [-0.4, -0.2) is 122 Å². The van der Waals surface area contributed by atoms with Crippen LogP contribution < -0.4 is 26.3 Å². The zero-order valence-electron chi connectivity index (χ0n) is 52.5. The van der Waals surface area contributed by atoms with E-state index in [9.17, 15) is 29.7 Å². The van der Waals surface area contributed by atoms with Gasteiger partial charge in [-0.05, 0) is 187 Å². The van der Waals surface area contributed by atoms with E-state index in [4.69, 9.17) is 0 Å². The van der Waals surface area contributed by atoms with Crippen LogP contribution in [-0.2, 0) is 48.6 Å². The van der Waals surface area contributed by atoms with Crippen LogP contribution in [0.25, 0.3) is 27.1 Å². The summed E-state index contributed by atoms with van der Waals surface area (Å²) in [5.41, 5.74) is 17.1. The molecule has 0 atom stereocenters. The number of ketones is 1. The molecule has 1 amide bonds. The van der Waals surface area contributed by atoms with Gasteiger partial charge in [-0.2, -0.15) is 0 Å². The van der Waals surface area contributed by atoms with Crippen LogP contribution in [0.5, 0.6) is 0 Å². The lowest BCUT2D eigenvalue weighted by Crippen LogP contribution is -2.49. The maximum atomic E-state index is 12.8. The van der Waals surface area contributed by atoms with Crippen molar-refractivity contribution in [2.75, 3.05) is 52.7 Å². The van der Waals surface area contributed by atoms with E-state index in [2.05, 4.69) is 183 Å². The molecule has 0 spiro atoms. The van der Waals surface area contributed by atoms with E-state index in [1.807, 2.05) is 36.4 Å². The number of Topliss-reactive ketones (excluding diaryl/α,β-unsaturated/α-hetero) is 1. The molecular weight excluding hydrogens is 1090 g/mol. The smallest absolute Gasteiger partial charge is 0.423 e. The second-order valence-corrected chi connectivity index (χ2v) is 29.2. The minimum Gasteiger partial charge on any atom is -0.423 e. The first kappa shape index (κ1) is 64.0. The number of anilines is 1. The second kappa shape index (κ2) is 28.1. The molecule has 1 aliphatic heterocycles. The van der Waals surface area contributed by atoms with E-state index in [1.165, 1.54) is 60.7 Å². The van der Waals surface area contributed by atoms with Gasteiger partial charge in [0.2, 0.25) is 5.91 Å². The van der Waals surface area contributed by atoms with E-state index in [-0.39, 0.29) is 11.7 Å². The van der Waals surface area contributed by atoms with Gasteiger partial charge in [0, 0.05) is 83.2 Å². The Morgan fingerprint density at radius 1 is 0.621 bits per heavy atom. The summed E-state index contributed by atoms with van der Waals surface area (Å²) in [7, 11) is 3.04. The Morgan fingerprint density at radius 2 is 1.18 bits per heavy atom. The summed E-state index contributed by atoms with van der Waals surface area (Å²) in [4.78, 5) is 32.4. The van der Waals surface area contributed by atoms with Gasteiger partial charge < -0.3 is 30.3 Å². The Hall–Kier alpha value is -7.52. The molecule has 0 unspecified atom stereocenters. The number of benzene rings is 7. The fourth-order valence-corrected chi connectivity index (χ4v) is 15.7. The molecule has 2 aliphatic rings. The highest BCUT2D eigenvalue weighted by Gasteiger charge is 2.41. The first-order valence-corrected chi connectivity index (χ1v) is 33.6. The first-order chi connectivity index (χ1) is 41.6. The van der Waals surface area contributed by atoms with Crippen molar-refractivity contribution in [3.63, 3.8) is 0 Å². The monoisotopic (exact) mass is 1180 g/mol. The van der Waals surface area contributed by atoms with E-state index >= 15 is 0 Å². The number of carbonyl (C=O) groups excluding carboxylic acids is 2. The molecule has 0 radical (unpaired) electrons. The predicted molar refractivity (Wildman–Crippen MR) is 365 cm³/mol. The van der Waals surface area contributed by atoms with Crippen molar-refractivity contribution in [3.8, 4) is 0 Å². The number of nitrogens with one attached hydrogen (secondary N) is 1. The van der Waals surface area contributed by atoms with Crippen molar-refractivity contribution in [3.05, 3.63) is 231 Å². The van der Waals surface area contributed by atoms with Crippen LogP contribution in [0, 0.1) is 6.92 Å². The number of hydrogen-bond donors (Lipinski definition) is 5. The Morgan fingerprint density at radius 3 is 1.77 bits per heavy atom. The standard InChI is InChI=1S/C73H85B2N5O6Si/c1-49(2)69(81)27-18-19-39-79(45-54-21-12-16-25-67(54)74(83)84)48-66-59-24-15-14-23-58(59)65(47-80(40-20-38-76-73(82)50(3)4)46-55-22-13-17-26-68(55)75(85)86)60-35-32-53(42-64(60)66)31-30-52-29-28-51(5)63(41-52)72-61-36-33-56(77(6)7)43-70(61)87(10,11)71-44-57(78(8)9)34-37-62(71)72/h12-17,21-26,28-29,32-37,41-44,83-86H,1,3,18-20,27,30-31,38-40,45-48H2,2,4-11H3/p+1. The Kier molecular flexibility index (Phi) is 20.7. The summed E-state index contributed by atoms with van der Waals surface area (Å²) < 4.78 is 2.21. The fraction of sp³-hybridized carbons (Fsp3) is 0.301. The molecule has 1 heterocycles. The van der Waals surface area contributed by atoms with Gasteiger partial charge >= 0.3 is 14.2 Å². The molecular formula is C73H86B2N5O6Si+. The minimum atomic E-state index is -2.15. The highest BCUT2D eigenvalue weighted by atomic mass is 28.3. The Labute approximate surface area is 517 Å². The number of hydrogen-bond acceptors (Lipinski definition) is 9. The van der Waals surface area contributed by atoms with Gasteiger partial charge in [0.05, 0.1) is 0 Å². The molecule has 5 N–H and O–H groups in total. The summed E-state index contributed by atoms with van der Waals surface area (Å²) in [5, 5.41) is 52.7. The molecule has 1 aliphatic carbocycles. The summed E-state index contributed by atoms with van der Waals surface area (Å²) in [6.45, 7) is 22.0. The third-order valence-electron chi connectivity index (χ3n) is 17.7. The number of allylic oxidation sites excluding steroid dienone is 6. The van der Waals surface area contributed by atoms with E-state index in [1.54, 1.807) is 26.0 Å². The summed E-state index contributed by atoms with van der Waals surface area (Å²) in [6, 6.07) is 44.6. The number of fused-ring (bicyclic) bond motifs is 4. The molecule has 87 heavy (non-hydrogen) atoms. The van der Waals surface area contributed by atoms with Crippen LogP contribution >= 0.6 is 0 Å². The van der Waals surface area contributed by atoms with Gasteiger partial charge in [-0.15, -0.1) is 0 Å². The van der Waals surface area contributed by atoms with Crippen LogP contribution in [0.15, 0.2) is 181 Å². The van der Waals surface area contributed by atoms with Gasteiger partial charge in [-0.3, -0.25) is 19.4 Å². The number of rotatable bonds is 26. The Balaban J connectivity index is 1.16. The van der Waals surface area contributed by atoms with Gasteiger partial charge in [0.25, 0.3) is 0 Å². The number of unbranched alkanes of at least 4 members (excludes halogenated alkanes) is 1. The van der Waals surface area contributed by atoms with E-state index < -0.39 is 22.3 Å². The number of aryl methyl sites for hydroxylation is 3. The van der Waals surface area contributed by atoms with Gasteiger partial charge in [-0.25, -0.2) is 4.58 Å². The van der Waals surface area contributed by atoms with Crippen LogP contribution in [0.4, 0.5) is 5.69 Å². The molecule has 0 aromatic heterocycles. The predicted octanol–water partition coefficient (Wildman–Crippen LogP) is 9.39. The van der Waals surface area contributed by atoms with Crippen molar-refractivity contribution in [1.82, 2.24) is 15.1 Å². The minimum absolute atomic E-state index is 0.0605. The van der Waals surface area contributed by atoms with E-state index in [0.717, 1.165) is 63.1 Å². The zero-order valence-corrected chi connectivity index (χ0v) is 53.5. The average Bonchev–Trinajstić information content (AvgIpc) is 0.758. The van der Waals surface area contributed by atoms with Crippen molar-refractivity contribution in [1.29, 1.82) is 0 Å². The number of carbonyl (C=O) groups is 2. The molecule has 0 saturated carbocycles. The quantitative estimate of drug-likeness (QED) is 0.0118.